The van der Waals surface area contributed by atoms with Crippen LogP contribution in [0.2, 0.25) is 0 Å². The number of rotatable bonds is 5. The second-order valence-corrected chi connectivity index (χ2v) is 4.31. The first-order chi connectivity index (χ1) is 9.56. The van der Waals surface area contributed by atoms with E-state index in [1.165, 1.54) is 10.9 Å². The second kappa shape index (κ2) is 5.96. The molecule has 2 rings (SSSR count). The van der Waals surface area contributed by atoms with Gasteiger partial charge in [0, 0.05) is 0 Å². The number of nitrogens with zero attached hydrogens (tertiary/aromatic N) is 3. The minimum atomic E-state index is -1.17. The Hall–Kier alpha value is -2.70. The summed E-state index contributed by atoms with van der Waals surface area (Å²) in [5.41, 5.74) is 0.805. The van der Waals surface area contributed by atoms with Gasteiger partial charge < -0.3 is 10.4 Å². The summed E-state index contributed by atoms with van der Waals surface area (Å²) < 4.78 is 1.19. The van der Waals surface area contributed by atoms with Crippen LogP contribution in [0.25, 0.3) is 0 Å². The lowest BCUT2D eigenvalue weighted by Crippen LogP contribution is -2.30. The molecule has 7 heteroatoms. The number of carboxylic acid groups (broad SMARTS) is 1. The van der Waals surface area contributed by atoms with Crippen LogP contribution < -0.4 is 5.32 Å². The minimum absolute atomic E-state index is 0.0720. The topological polar surface area (TPSA) is 97.1 Å². The van der Waals surface area contributed by atoms with E-state index in [2.05, 4.69) is 15.6 Å². The first-order valence-corrected chi connectivity index (χ1v) is 6.04. The van der Waals surface area contributed by atoms with Crippen molar-refractivity contribution >= 4 is 11.9 Å². The molecule has 2 N–H and O–H groups in total. The third-order valence-electron chi connectivity index (χ3n) is 2.74. The third kappa shape index (κ3) is 3.41. The van der Waals surface area contributed by atoms with Crippen molar-refractivity contribution in [2.75, 3.05) is 0 Å². The highest BCUT2D eigenvalue weighted by atomic mass is 16.4. The number of hydrogen-bond donors (Lipinski definition) is 2. The number of benzene rings is 1. The van der Waals surface area contributed by atoms with E-state index >= 15 is 0 Å². The average Bonchev–Trinajstić information content (AvgIpc) is 2.88. The molecule has 1 aromatic heterocycles. The minimum Gasteiger partial charge on any atom is -0.476 e. The Labute approximate surface area is 115 Å². The summed E-state index contributed by atoms with van der Waals surface area (Å²) in [7, 11) is 0. The highest BCUT2D eigenvalue weighted by Crippen LogP contribution is 2.10. The molecule has 0 saturated heterocycles. The van der Waals surface area contributed by atoms with Gasteiger partial charge in [-0.2, -0.15) is 0 Å². The first kappa shape index (κ1) is 13.7. The summed E-state index contributed by atoms with van der Waals surface area (Å²) in [5, 5.41) is 18.5. The Bertz CT molecular complexity index is 609. The van der Waals surface area contributed by atoms with Gasteiger partial charge in [-0.15, -0.1) is 5.10 Å². The quantitative estimate of drug-likeness (QED) is 0.842. The summed E-state index contributed by atoms with van der Waals surface area (Å²) in [6.45, 7) is 1.80. The van der Waals surface area contributed by atoms with E-state index in [0.717, 1.165) is 5.56 Å². The van der Waals surface area contributed by atoms with Crippen molar-refractivity contribution in [3.63, 3.8) is 0 Å². The lowest BCUT2D eigenvalue weighted by atomic mass is 10.1. The van der Waals surface area contributed by atoms with Gasteiger partial charge in [-0.25, -0.2) is 9.48 Å². The molecule has 7 nitrogen and oxygen atoms in total. The summed E-state index contributed by atoms with van der Waals surface area (Å²) in [4.78, 5) is 22.5. The lowest BCUT2D eigenvalue weighted by Gasteiger charge is -2.13. The molecule has 0 spiro atoms. The van der Waals surface area contributed by atoms with E-state index in [1.807, 2.05) is 37.3 Å². The van der Waals surface area contributed by atoms with Gasteiger partial charge in [0.2, 0.25) is 5.91 Å². The molecular weight excluding hydrogens is 260 g/mol. The fraction of sp³-hybridized carbons (Fsp3) is 0.231. The molecule has 2 aromatic rings. The molecule has 1 unspecified atom stereocenters. The Morgan fingerprint density at radius 1 is 1.35 bits per heavy atom. The Balaban J connectivity index is 1.93. The van der Waals surface area contributed by atoms with Crippen LogP contribution in [-0.4, -0.2) is 32.0 Å². The van der Waals surface area contributed by atoms with Gasteiger partial charge >= 0.3 is 5.97 Å². The molecule has 104 valence electrons. The molecule has 1 heterocycles. The van der Waals surface area contributed by atoms with Crippen molar-refractivity contribution in [1.82, 2.24) is 20.3 Å². The van der Waals surface area contributed by atoms with Gasteiger partial charge in [-0.05, 0) is 12.5 Å². The number of nitrogens with one attached hydrogen (secondary N) is 1. The van der Waals surface area contributed by atoms with E-state index in [0.29, 0.717) is 0 Å². The Morgan fingerprint density at radius 2 is 2.05 bits per heavy atom. The van der Waals surface area contributed by atoms with Crippen LogP contribution in [0.1, 0.15) is 29.0 Å². The van der Waals surface area contributed by atoms with Crippen LogP contribution in [0.5, 0.6) is 0 Å². The second-order valence-electron chi connectivity index (χ2n) is 4.31. The fourth-order valence-corrected chi connectivity index (χ4v) is 1.73. The number of amides is 1. The maximum Gasteiger partial charge on any atom is 0.358 e. The Kier molecular flexibility index (Phi) is 4.09. The molecule has 0 aliphatic rings. The van der Waals surface area contributed by atoms with Gasteiger partial charge in [-0.1, -0.05) is 35.5 Å². The number of aromatic nitrogens is 3. The van der Waals surface area contributed by atoms with Gasteiger partial charge in [0.05, 0.1) is 12.2 Å². The van der Waals surface area contributed by atoms with E-state index in [-0.39, 0.29) is 24.2 Å². The van der Waals surface area contributed by atoms with Crippen LogP contribution in [0, 0.1) is 0 Å². The zero-order valence-corrected chi connectivity index (χ0v) is 10.9. The van der Waals surface area contributed by atoms with E-state index in [9.17, 15) is 9.59 Å². The van der Waals surface area contributed by atoms with Crippen molar-refractivity contribution < 1.29 is 14.7 Å². The average molecular weight is 274 g/mol. The monoisotopic (exact) mass is 274 g/mol. The summed E-state index contributed by atoms with van der Waals surface area (Å²) >= 11 is 0. The van der Waals surface area contributed by atoms with Crippen LogP contribution >= 0.6 is 0 Å². The lowest BCUT2D eigenvalue weighted by molar-refractivity contribution is -0.122. The fourth-order valence-electron chi connectivity index (χ4n) is 1.73. The van der Waals surface area contributed by atoms with E-state index in [1.54, 1.807) is 0 Å². The number of hydrogen-bond acceptors (Lipinski definition) is 4. The largest absolute Gasteiger partial charge is 0.476 e. The van der Waals surface area contributed by atoms with Crippen molar-refractivity contribution in [1.29, 1.82) is 0 Å². The number of carbonyl (C=O) groups is 2. The molecule has 1 aromatic carbocycles. The third-order valence-corrected chi connectivity index (χ3v) is 2.74. The number of carboxylic acids is 1. The van der Waals surface area contributed by atoms with Crippen LogP contribution in [0.4, 0.5) is 0 Å². The van der Waals surface area contributed by atoms with E-state index < -0.39 is 5.97 Å². The normalized spacial score (nSPS) is 11.8. The van der Waals surface area contributed by atoms with Crippen molar-refractivity contribution in [2.45, 2.75) is 19.5 Å². The van der Waals surface area contributed by atoms with Crippen molar-refractivity contribution in [3.8, 4) is 0 Å². The molecule has 0 fully saturated rings. The van der Waals surface area contributed by atoms with Crippen LogP contribution in [0.3, 0.4) is 0 Å². The van der Waals surface area contributed by atoms with Crippen molar-refractivity contribution in [2.24, 2.45) is 0 Å². The van der Waals surface area contributed by atoms with Crippen LogP contribution in [0.15, 0.2) is 36.5 Å². The zero-order valence-electron chi connectivity index (χ0n) is 10.9. The predicted molar refractivity (Wildman–Crippen MR) is 70.0 cm³/mol. The molecule has 1 amide bonds. The summed E-state index contributed by atoms with van der Waals surface area (Å²) in [6, 6.07) is 9.40. The van der Waals surface area contributed by atoms with Gasteiger partial charge in [0.25, 0.3) is 0 Å². The maximum atomic E-state index is 11.8. The van der Waals surface area contributed by atoms with E-state index in [4.69, 9.17) is 5.11 Å². The molecule has 0 radical (unpaired) electrons. The maximum absolute atomic E-state index is 11.8. The molecule has 0 aliphatic carbocycles. The smallest absolute Gasteiger partial charge is 0.358 e. The highest BCUT2D eigenvalue weighted by molar-refractivity contribution is 5.84. The predicted octanol–water partition coefficient (Wildman–Crippen LogP) is 0.854. The molecule has 1 atom stereocenters. The van der Waals surface area contributed by atoms with Gasteiger partial charge in [0.15, 0.2) is 5.69 Å². The molecule has 0 saturated carbocycles. The molecule has 0 aliphatic heterocycles. The van der Waals surface area contributed by atoms with Gasteiger partial charge in [0.1, 0.15) is 6.54 Å². The van der Waals surface area contributed by atoms with Crippen molar-refractivity contribution in [3.05, 3.63) is 47.8 Å². The number of aromatic carboxylic acids is 1. The SMILES string of the molecule is CC(NC(=O)Cn1cc(C(=O)O)nn1)c1ccccc1. The highest BCUT2D eigenvalue weighted by Gasteiger charge is 2.12. The Morgan fingerprint density at radius 3 is 2.65 bits per heavy atom. The molecule has 20 heavy (non-hydrogen) atoms. The summed E-state index contributed by atoms with van der Waals surface area (Å²) in [6.07, 6.45) is 1.22. The van der Waals surface area contributed by atoms with Gasteiger partial charge in [-0.3, -0.25) is 4.79 Å². The first-order valence-electron chi connectivity index (χ1n) is 6.04. The standard InChI is InChI=1S/C13H14N4O3/c1-9(10-5-3-2-4-6-10)14-12(18)8-17-7-11(13(19)20)15-16-17/h2-7,9H,8H2,1H3,(H,14,18)(H,19,20). The summed E-state index contributed by atoms with van der Waals surface area (Å²) in [5.74, 6) is -1.43. The molecular formula is C13H14N4O3. The molecule has 0 bridgehead atoms. The zero-order chi connectivity index (χ0) is 14.5. The number of carbonyl (C=O) groups excluding carboxylic acids is 1. The van der Waals surface area contributed by atoms with Crippen LogP contribution in [-0.2, 0) is 11.3 Å².